The molecule has 0 aliphatic rings. The van der Waals surface area contributed by atoms with Crippen molar-refractivity contribution in [2.45, 2.75) is 26.9 Å². The molecule has 1 rings (SSSR count). The van der Waals surface area contributed by atoms with E-state index in [1.54, 1.807) is 20.8 Å². The maximum Gasteiger partial charge on any atom is 0.289 e. The predicted molar refractivity (Wildman–Crippen MR) is 50.0 cm³/mol. The maximum atomic E-state index is 11.4. The standard InChI is InChI=1S/C9H14N2O3/c1-5(12)4-10-9(13)8-6(2)11-7(3)14-8/h5,12H,4H2,1-3H3,(H,10,13)/t5-/m0/s1. The molecular formula is C9H14N2O3. The molecule has 0 saturated heterocycles. The van der Waals surface area contributed by atoms with Crippen molar-refractivity contribution in [3.8, 4) is 0 Å². The number of nitrogens with zero attached hydrogens (tertiary/aromatic N) is 1. The molecule has 0 aromatic carbocycles. The fraction of sp³-hybridized carbons (Fsp3) is 0.556. The van der Waals surface area contributed by atoms with Crippen LogP contribution in [0.3, 0.4) is 0 Å². The van der Waals surface area contributed by atoms with E-state index >= 15 is 0 Å². The first-order chi connectivity index (χ1) is 6.50. The van der Waals surface area contributed by atoms with Crippen molar-refractivity contribution in [1.29, 1.82) is 0 Å². The fourth-order valence-electron chi connectivity index (χ4n) is 1.06. The number of hydrogen-bond acceptors (Lipinski definition) is 4. The third-order valence-corrected chi connectivity index (χ3v) is 1.67. The molecule has 0 aliphatic heterocycles. The predicted octanol–water partition coefficient (Wildman–Crippen LogP) is 0.402. The van der Waals surface area contributed by atoms with Crippen LogP contribution in [0.25, 0.3) is 0 Å². The molecular weight excluding hydrogens is 184 g/mol. The highest BCUT2D eigenvalue weighted by atomic mass is 16.4. The zero-order valence-electron chi connectivity index (χ0n) is 8.50. The van der Waals surface area contributed by atoms with E-state index in [4.69, 9.17) is 9.52 Å². The minimum absolute atomic E-state index is 0.206. The topological polar surface area (TPSA) is 75.4 Å². The largest absolute Gasteiger partial charge is 0.436 e. The molecule has 1 heterocycles. The van der Waals surface area contributed by atoms with Crippen LogP contribution in [0.4, 0.5) is 0 Å². The van der Waals surface area contributed by atoms with E-state index in [1.165, 1.54) is 0 Å². The Hall–Kier alpha value is -1.36. The smallest absolute Gasteiger partial charge is 0.289 e. The first-order valence-corrected chi connectivity index (χ1v) is 4.41. The van der Waals surface area contributed by atoms with Crippen LogP contribution in [0.15, 0.2) is 4.42 Å². The van der Waals surface area contributed by atoms with E-state index in [0.717, 1.165) is 0 Å². The Kier molecular flexibility index (Phi) is 3.24. The van der Waals surface area contributed by atoms with Crippen LogP contribution in [0.5, 0.6) is 0 Å². The molecule has 5 heteroatoms. The number of aryl methyl sites for hydroxylation is 2. The Bertz CT molecular complexity index is 331. The van der Waals surface area contributed by atoms with Crippen LogP contribution in [-0.4, -0.2) is 28.6 Å². The summed E-state index contributed by atoms with van der Waals surface area (Å²) in [6, 6.07) is 0. The van der Waals surface area contributed by atoms with Gasteiger partial charge in [0, 0.05) is 13.5 Å². The summed E-state index contributed by atoms with van der Waals surface area (Å²) < 4.78 is 5.10. The van der Waals surface area contributed by atoms with Crippen LogP contribution >= 0.6 is 0 Å². The first kappa shape index (κ1) is 10.7. The number of carbonyl (C=O) groups is 1. The molecule has 0 radical (unpaired) electrons. The van der Waals surface area contributed by atoms with E-state index in [1.807, 2.05) is 0 Å². The lowest BCUT2D eigenvalue weighted by Gasteiger charge is -2.04. The van der Waals surface area contributed by atoms with Crippen molar-refractivity contribution < 1.29 is 14.3 Å². The third-order valence-electron chi connectivity index (χ3n) is 1.67. The molecule has 0 unspecified atom stereocenters. The molecule has 0 bridgehead atoms. The van der Waals surface area contributed by atoms with Gasteiger partial charge in [0.1, 0.15) is 0 Å². The number of aliphatic hydroxyl groups excluding tert-OH is 1. The fourth-order valence-corrected chi connectivity index (χ4v) is 1.06. The van der Waals surface area contributed by atoms with Gasteiger partial charge in [-0.1, -0.05) is 0 Å². The Balaban J connectivity index is 2.65. The van der Waals surface area contributed by atoms with Crippen LogP contribution in [0, 0.1) is 13.8 Å². The number of amides is 1. The highest BCUT2D eigenvalue weighted by Crippen LogP contribution is 2.08. The lowest BCUT2D eigenvalue weighted by Crippen LogP contribution is -2.30. The van der Waals surface area contributed by atoms with Gasteiger partial charge in [-0.05, 0) is 13.8 Å². The van der Waals surface area contributed by atoms with Crippen molar-refractivity contribution >= 4 is 5.91 Å². The lowest BCUT2D eigenvalue weighted by atomic mass is 10.3. The number of oxazole rings is 1. The second kappa shape index (κ2) is 4.23. The summed E-state index contributed by atoms with van der Waals surface area (Å²) in [6.07, 6.45) is -0.566. The molecule has 5 nitrogen and oxygen atoms in total. The maximum absolute atomic E-state index is 11.4. The second-order valence-corrected chi connectivity index (χ2v) is 3.21. The summed E-state index contributed by atoms with van der Waals surface area (Å²) in [5.41, 5.74) is 0.561. The van der Waals surface area contributed by atoms with Gasteiger partial charge in [0.2, 0.25) is 5.76 Å². The molecule has 2 N–H and O–H groups in total. The highest BCUT2D eigenvalue weighted by Gasteiger charge is 2.15. The summed E-state index contributed by atoms with van der Waals surface area (Å²) in [5, 5.41) is 11.5. The van der Waals surface area contributed by atoms with Gasteiger partial charge < -0.3 is 14.8 Å². The van der Waals surface area contributed by atoms with Gasteiger partial charge in [0.15, 0.2) is 5.89 Å². The first-order valence-electron chi connectivity index (χ1n) is 4.41. The van der Waals surface area contributed by atoms with Crippen molar-refractivity contribution in [3.05, 3.63) is 17.3 Å². The molecule has 0 saturated carbocycles. The summed E-state index contributed by atoms with van der Waals surface area (Å²) in [4.78, 5) is 15.4. The highest BCUT2D eigenvalue weighted by molar-refractivity contribution is 5.92. The SMILES string of the molecule is Cc1nc(C)c(C(=O)NC[C@H](C)O)o1. The molecule has 0 spiro atoms. The van der Waals surface area contributed by atoms with Gasteiger partial charge in [-0.25, -0.2) is 4.98 Å². The molecule has 14 heavy (non-hydrogen) atoms. The monoisotopic (exact) mass is 198 g/mol. The average molecular weight is 198 g/mol. The average Bonchev–Trinajstić information content (AvgIpc) is 2.41. The lowest BCUT2D eigenvalue weighted by molar-refractivity contribution is 0.0894. The Labute approximate surface area is 82.1 Å². The van der Waals surface area contributed by atoms with E-state index in [9.17, 15) is 4.79 Å². The van der Waals surface area contributed by atoms with Crippen molar-refractivity contribution in [2.75, 3.05) is 6.54 Å². The quantitative estimate of drug-likeness (QED) is 0.737. The molecule has 78 valence electrons. The van der Waals surface area contributed by atoms with Crippen LogP contribution in [-0.2, 0) is 0 Å². The second-order valence-electron chi connectivity index (χ2n) is 3.21. The normalized spacial score (nSPS) is 12.6. The van der Waals surface area contributed by atoms with Crippen molar-refractivity contribution in [2.24, 2.45) is 0 Å². The summed E-state index contributed by atoms with van der Waals surface area (Å²) in [6.45, 7) is 5.18. The molecule has 1 amide bonds. The minimum atomic E-state index is -0.566. The van der Waals surface area contributed by atoms with E-state index < -0.39 is 6.10 Å². The number of aromatic nitrogens is 1. The number of hydrogen-bond donors (Lipinski definition) is 2. The van der Waals surface area contributed by atoms with Crippen molar-refractivity contribution in [1.82, 2.24) is 10.3 Å². The van der Waals surface area contributed by atoms with Crippen LogP contribution < -0.4 is 5.32 Å². The van der Waals surface area contributed by atoms with Gasteiger partial charge in [-0.3, -0.25) is 4.79 Å². The van der Waals surface area contributed by atoms with E-state index in [-0.39, 0.29) is 18.2 Å². The van der Waals surface area contributed by atoms with Crippen LogP contribution in [0.2, 0.25) is 0 Å². The zero-order chi connectivity index (χ0) is 10.7. The summed E-state index contributed by atoms with van der Waals surface area (Å²) in [5.74, 6) is 0.330. The molecule has 1 aromatic rings. The van der Waals surface area contributed by atoms with Crippen LogP contribution in [0.1, 0.15) is 29.1 Å². The van der Waals surface area contributed by atoms with Crippen molar-refractivity contribution in [3.63, 3.8) is 0 Å². The minimum Gasteiger partial charge on any atom is -0.436 e. The molecule has 1 atom stereocenters. The van der Waals surface area contributed by atoms with Gasteiger partial charge in [-0.15, -0.1) is 0 Å². The number of aliphatic hydroxyl groups is 1. The van der Waals surface area contributed by atoms with E-state index in [0.29, 0.717) is 11.6 Å². The summed E-state index contributed by atoms with van der Waals surface area (Å²) >= 11 is 0. The van der Waals surface area contributed by atoms with Gasteiger partial charge in [0.05, 0.1) is 11.8 Å². The zero-order valence-corrected chi connectivity index (χ0v) is 8.50. The van der Waals surface area contributed by atoms with Gasteiger partial charge in [-0.2, -0.15) is 0 Å². The Morgan fingerprint density at radius 2 is 2.29 bits per heavy atom. The van der Waals surface area contributed by atoms with Gasteiger partial charge >= 0.3 is 0 Å². The number of carbonyl (C=O) groups excluding carboxylic acids is 1. The molecule has 0 aliphatic carbocycles. The Morgan fingerprint density at radius 1 is 1.64 bits per heavy atom. The molecule has 1 aromatic heterocycles. The number of rotatable bonds is 3. The van der Waals surface area contributed by atoms with Gasteiger partial charge in [0.25, 0.3) is 5.91 Å². The Morgan fingerprint density at radius 3 is 2.71 bits per heavy atom. The van der Waals surface area contributed by atoms with E-state index in [2.05, 4.69) is 10.3 Å². The summed E-state index contributed by atoms with van der Waals surface area (Å²) in [7, 11) is 0. The third kappa shape index (κ3) is 2.56. The number of nitrogens with one attached hydrogen (secondary N) is 1. The molecule has 0 fully saturated rings.